The van der Waals surface area contributed by atoms with Crippen LogP contribution in [0, 0.1) is 0 Å². The highest BCUT2D eigenvalue weighted by atomic mass is 16.5. The van der Waals surface area contributed by atoms with Gasteiger partial charge in [0.1, 0.15) is 5.69 Å². The molecule has 0 radical (unpaired) electrons. The van der Waals surface area contributed by atoms with Crippen molar-refractivity contribution in [1.29, 1.82) is 0 Å². The van der Waals surface area contributed by atoms with Crippen LogP contribution in [0.15, 0.2) is 54.6 Å². The van der Waals surface area contributed by atoms with Crippen molar-refractivity contribution in [1.82, 2.24) is 14.7 Å². The Hall–Kier alpha value is -2.75. The molecule has 0 spiro atoms. The summed E-state index contributed by atoms with van der Waals surface area (Å²) in [4.78, 5) is 7.72. The standard InChI is InChI=1S/C15H11N3O/c19-18-13-8-4-1-5-10(13)9-14(18)15-16-11-6-2-3-7-12(11)17-15/h1-9,19H,(H,16,17). The minimum atomic E-state index is 0.664. The Kier molecular flexibility index (Phi) is 1.94. The van der Waals surface area contributed by atoms with E-state index < -0.39 is 0 Å². The number of hydrogen-bond acceptors (Lipinski definition) is 2. The van der Waals surface area contributed by atoms with Gasteiger partial charge in [-0.05, 0) is 24.3 Å². The zero-order valence-corrected chi connectivity index (χ0v) is 10.0. The van der Waals surface area contributed by atoms with E-state index >= 15 is 0 Å². The molecule has 0 bridgehead atoms. The molecular formula is C15H11N3O. The van der Waals surface area contributed by atoms with Gasteiger partial charge in [-0.25, -0.2) is 4.98 Å². The Bertz CT molecular complexity index is 856. The van der Waals surface area contributed by atoms with Gasteiger partial charge < -0.3 is 10.2 Å². The summed E-state index contributed by atoms with van der Waals surface area (Å²) in [6.07, 6.45) is 0. The number of aromatic nitrogens is 3. The highest BCUT2D eigenvalue weighted by Gasteiger charge is 2.12. The van der Waals surface area contributed by atoms with Crippen molar-refractivity contribution in [2.24, 2.45) is 0 Å². The summed E-state index contributed by atoms with van der Waals surface area (Å²) in [6.45, 7) is 0. The summed E-state index contributed by atoms with van der Waals surface area (Å²) >= 11 is 0. The lowest BCUT2D eigenvalue weighted by molar-refractivity contribution is 0.204. The van der Waals surface area contributed by atoms with Gasteiger partial charge in [0.2, 0.25) is 0 Å². The molecule has 0 saturated heterocycles. The molecule has 4 aromatic rings. The Balaban J connectivity index is 2.01. The van der Waals surface area contributed by atoms with E-state index in [-0.39, 0.29) is 0 Å². The number of para-hydroxylation sites is 3. The number of nitrogens with zero attached hydrogens (tertiary/aromatic N) is 2. The lowest BCUT2D eigenvalue weighted by Gasteiger charge is -1.98. The van der Waals surface area contributed by atoms with Crippen molar-refractivity contribution < 1.29 is 5.21 Å². The van der Waals surface area contributed by atoms with Gasteiger partial charge in [0.15, 0.2) is 5.82 Å². The van der Waals surface area contributed by atoms with E-state index in [1.807, 2.05) is 54.6 Å². The smallest absolute Gasteiger partial charge is 0.158 e. The molecule has 0 amide bonds. The van der Waals surface area contributed by atoms with Crippen LogP contribution < -0.4 is 0 Å². The van der Waals surface area contributed by atoms with E-state index in [1.165, 1.54) is 4.73 Å². The summed E-state index contributed by atoms with van der Waals surface area (Å²) in [6, 6.07) is 17.4. The van der Waals surface area contributed by atoms with Crippen LogP contribution in [0.4, 0.5) is 0 Å². The normalized spacial score (nSPS) is 11.4. The Morgan fingerprint density at radius 2 is 1.79 bits per heavy atom. The lowest BCUT2D eigenvalue weighted by Crippen LogP contribution is -1.93. The zero-order chi connectivity index (χ0) is 12.8. The maximum atomic E-state index is 10.2. The minimum Gasteiger partial charge on any atom is -0.428 e. The molecule has 0 saturated carbocycles. The van der Waals surface area contributed by atoms with Gasteiger partial charge >= 0.3 is 0 Å². The van der Waals surface area contributed by atoms with Crippen molar-refractivity contribution in [2.75, 3.05) is 0 Å². The highest BCUT2D eigenvalue weighted by Crippen LogP contribution is 2.26. The van der Waals surface area contributed by atoms with Gasteiger partial charge in [0.05, 0.1) is 16.6 Å². The predicted molar refractivity (Wildman–Crippen MR) is 74.2 cm³/mol. The quantitative estimate of drug-likeness (QED) is 0.508. The van der Waals surface area contributed by atoms with Gasteiger partial charge in [-0.3, -0.25) is 0 Å². The van der Waals surface area contributed by atoms with E-state index in [9.17, 15) is 5.21 Å². The molecule has 2 aromatic carbocycles. The van der Waals surface area contributed by atoms with Gasteiger partial charge in [0.25, 0.3) is 0 Å². The number of hydrogen-bond donors (Lipinski definition) is 2. The molecule has 19 heavy (non-hydrogen) atoms. The molecule has 0 atom stereocenters. The number of rotatable bonds is 1. The summed E-state index contributed by atoms with van der Waals surface area (Å²) in [7, 11) is 0. The molecule has 0 aliphatic heterocycles. The van der Waals surface area contributed by atoms with Crippen LogP contribution in [-0.2, 0) is 0 Å². The van der Waals surface area contributed by atoms with Crippen LogP contribution in [0.5, 0.6) is 0 Å². The van der Waals surface area contributed by atoms with Crippen molar-refractivity contribution in [3.05, 3.63) is 54.6 Å². The van der Waals surface area contributed by atoms with E-state index in [4.69, 9.17) is 0 Å². The second-order valence-electron chi connectivity index (χ2n) is 4.50. The van der Waals surface area contributed by atoms with Crippen LogP contribution in [0.1, 0.15) is 0 Å². The molecule has 0 aliphatic carbocycles. The van der Waals surface area contributed by atoms with Gasteiger partial charge in [-0.15, -0.1) is 0 Å². The second kappa shape index (κ2) is 3.62. The number of benzene rings is 2. The van der Waals surface area contributed by atoms with Gasteiger partial charge in [-0.1, -0.05) is 30.3 Å². The fourth-order valence-electron chi connectivity index (χ4n) is 2.38. The average molecular weight is 249 g/mol. The second-order valence-corrected chi connectivity index (χ2v) is 4.50. The van der Waals surface area contributed by atoms with Gasteiger partial charge in [-0.2, -0.15) is 4.73 Å². The third-order valence-corrected chi connectivity index (χ3v) is 3.32. The molecule has 4 heteroatoms. The highest BCUT2D eigenvalue weighted by molar-refractivity contribution is 5.87. The van der Waals surface area contributed by atoms with Crippen LogP contribution in [0.25, 0.3) is 33.5 Å². The number of H-pyrrole nitrogens is 1. The molecule has 2 N–H and O–H groups in total. The van der Waals surface area contributed by atoms with Crippen molar-refractivity contribution in [2.45, 2.75) is 0 Å². The lowest BCUT2D eigenvalue weighted by atomic mass is 10.2. The first-order chi connectivity index (χ1) is 9.33. The number of aromatic amines is 1. The van der Waals surface area contributed by atoms with Crippen LogP contribution in [0.2, 0.25) is 0 Å². The molecule has 0 unspecified atom stereocenters. The maximum Gasteiger partial charge on any atom is 0.158 e. The molecule has 4 rings (SSSR count). The van der Waals surface area contributed by atoms with E-state index in [1.54, 1.807) is 0 Å². The molecule has 2 heterocycles. The summed E-state index contributed by atoms with van der Waals surface area (Å²) in [5.74, 6) is 0.667. The largest absolute Gasteiger partial charge is 0.428 e. The monoisotopic (exact) mass is 249 g/mol. The third-order valence-electron chi connectivity index (χ3n) is 3.32. The first kappa shape index (κ1) is 10.2. The summed E-state index contributed by atoms with van der Waals surface area (Å²) in [5, 5.41) is 11.2. The number of imidazole rings is 1. The molecule has 2 aromatic heterocycles. The zero-order valence-electron chi connectivity index (χ0n) is 10.0. The fraction of sp³-hybridized carbons (Fsp3) is 0. The van der Waals surface area contributed by atoms with Crippen molar-refractivity contribution >= 4 is 21.9 Å². The fourth-order valence-corrected chi connectivity index (χ4v) is 2.38. The number of fused-ring (bicyclic) bond motifs is 2. The Morgan fingerprint density at radius 3 is 2.63 bits per heavy atom. The number of nitrogens with one attached hydrogen (secondary N) is 1. The van der Waals surface area contributed by atoms with E-state index in [2.05, 4.69) is 9.97 Å². The first-order valence-electron chi connectivity index (χ1n) is 6.08. The van der Waals surface area contributed by atoms with Crippen molar-refractivity contribution in [3.63, 3.8) is 0 Å². The first-order valence-corrected chi connectivity index (χ1v) is 6.08. The Labute approximate surface area is 108 Å². The molecule has 92 valence electrons. The Morgan fingerprint density at radius 1 is 1.00 bits per heavy atom. The average Bonchev–Trinajstić information content (AvgIpc) is 3.00. The topological polar surface area (TPSA) is 53.8 Å². The molecule has 0 fully saturated rings. The molecule has 0 aliphatic rings. The van der Waals surface area contributed by atoms with Crippen LogP contribution in [0.3, 0.4) is 0 Å². The van der Waals surface area contributed by atoms with E-state index in [0.29, 0.717) is 11.5 Å². The van der Waals surface area contributed by atoms with Crippen LogP contribution in [-0.4, -0.2) is 19.9 Å². The summed E-state index contributed by atoms with van der Waals surface area (Å²) < 4.78 is 1.17. The van der Waals surface area contributed by atoms with Crippen molar-refractivity contribution in [3.8, 4) is 11.5 Å². The minimum absolute atomic E-state index is 0.664. The predicted octanol–water partition coefficient (Wildman–Crippen LogP) is 3.42. The van der Waals surface area contributed by atoms with Crippen LogP contribution >= 0.6 is 0 Å². The van der Waals surface area contributed by atoms with Gasteiger partial charge in [0, 0.05) is 5.39 Å². The SMILES string of the molecule is On1c(-c2nc3ccccc3[nH]2)cc2ccccc21. The maximum absolute atomic E-state index is 10.2. The third kappa shape index (κ3) is 1.43. The molecule has 4 nitrogen and oxygen atoms in total. The molecular weight excluding hydrogens is 238 g/mol. The summed E-state index contributed by atoms with van der Waals surface area (Å²) in [5.41, 5.74) is 3.29. The van der Waals surface area contributed by atoms with E-state index in [0.717, 1.165) is 21.9 Å².